The Morgan fingerprint density at radius 1 is 1.21 bits per heavy atom. The molecule has 1 amide bonds. The Kier molecular flexibility index (Phi) is 4.12. The molecule has 0 spiro atoms. The van der Waals surface area contributed by atoms with Crippen LogP contribution in [0.4, 0.5) is 0 Å². The summed E-state index contributed by atoms with van der Waals surface area (Å²) in [6.07, 6.45) is 3.91. The number of rotatable bonds is 3. The van der Waals surface area contributed by atoms with Crippen LogP contribution < -0.4 is 0 Å². The third kappa shape index (κ3) is 2.97. The van der Waals surface area contributed by atoms with E-state index in [9.17, 15) is 4.79 Å². The summed E-state index contributed by atoms with van der Waals surface area (Å²) >= 11 is 0. The van der Waals surface area contributed by atoms with E-state index in [0.29, 0.717) is 6.54 Å². The molecule has 0 aliphatic carbocycles. The molecule has 2 fully saturated rings. The van der Waals surface area contributed by atoms with Gasteiger partial charge in [-0.15, -0.1) is 0 Å². The monoisotopic (exact) mass is 325 g/mol. The van der Waals surface area contributed by atoms with E-state index in [-0.39, 0.29) is 18.1 Å². The number of nitrogens with zero attached hydrogens (tertiary/aromatic N) is 3. The number of aryl methyl sites for hydroxylation is 1. The molecule has 2 aromatic rings. The van der Waals surface area contributed by atoms with Crippen molar-refractivity contribution in [3.8, 4) is 0 Å². The first kappa shape index (κ1) is 15.4. The molecular weight excluding hydrogens is 302 g/mol. The standard InChI is InChI=1S/C19H23N3O2/c1-20-8-7-16(12-20)19(23)22-13-17-18(14-22)24-10-9-21(17)11-15-5-3-2-4-6-15/h2-8,12,17-18H,9-11,13-14H2,1H3. The Hall–Kier alpha value is -2.11. The quantitative estimate of drug-likeness (QED) is 0.863. The molecule has 1 aromatic heterocycles. The van der Waals surface area contributed by atoms with Crippen LogP contribution in [-0.2, 0) is 18.3 Å². The van der Waals surface area contributed by atoms with E-state index >= 15 is 0 Å². The van der Waals surface area contributed by atoms with Crippen LogP contribution in [0, 0.1) is 0 Å². The second kappa shape index (κ2) is 6.42. The number of aromatic nitrogens is 1. The number of amides is 1. The van der Waals surface area contributed by atoms with Crippen molar-refractivity contribution in [1.82, 2.24) is 14.4 Å². The Morgan fingerprint density at radius 2 is 2.04 bits per heavy atom. The summed E-state index contributed by atoms with van der Waals surface area (Å²) in [5.41, 5.74) is 2.07. The fourth-order valence-corrected chi connectivity index (χ4v) is 3.75. The summed E-state index contributed by atoms with van der Waals surface area (Å²) < 4.78 is 7.86. The second-order valence-electron chi connectivity index (χ2n) is 6.71. The minimum atomic E-state index is 0.105. The molecule has 2 aliphatic rings. The lowest BCUT2D eigenvalue weighted by Crippen LogP contribution is -2.50. The minimum absolute atomic E-state index is 0.105. The molecule has 2 atom stereocenters. The van der Waals surface area contributed by atoms with Gasteiger partial charge < -0.3 is 14.2 Å². The molecular formula is C19H23N3O2. The fraction of sp³-hybridized carbons (Fsp3) is 0.421. The number of likely N-dealkylation sites (tertiary alicyclic amines) is 1. The number of benzene rings is 1. The molecule has 24 heavy (non-hydrogen) atoms. The Labute approximate surface area is 142 Å². The first-order valence-electron chi connectivity index (χ1n) is 8.51. The normalized spacial score (nSPS) is 24.1. The van der Waals surface area contributed by atoms with Gasteiger partial charge in [0.15, 0.2) is 0 Å². The van der Waals surface area contributed by atoms with E-state index < -0.39 is 0 Å². The highest BCUT2D eigenvalue weighted by atomic mass is 16.5. The predicted molar refractivity (Wildman–Crippen MR) is 91.7 cm³/mol. The molecule has 1 aromatic carbocycles. The lowest BCUT2D eigenvalue weighted by Gasteiger charge is -2.36. The first-order chi connectivity index (χ1) is 11.7. The number of ether oxygens (including phenoxy) is 1. The number of hydrogen-bond acceptors (Lipinski definition) is 3. The van der Waals surface area contributed by atoms with Gasteiger partial charge in [-0.3, -0.25) is 9.69 Å². The molecule has 0 saturated carbocycles. The summed E-state index contributed by atoms with van der Waals surface area (Å²) in [7, 11) is 1.94. The van der Waals surface area contributed by atoms with Crippen molar-refractivity contribution in [3.63, 3.8) is 0 Å². The van der Waals surface area contributed by atoms with Crippen molar-refractivity contribution in [3.05, 3.63) is 59.9 Å². The van der Waals surface area contributed by atoms with Crippen LogP contribution in [0.5, 0.6) is 0 Å². The fourth-order valence-electron chi connectivity index (χ4n) is 3.75. The molecule has 0 radical (unpaired) electrons. The molecule has 0 N–H and O–H groups in total. The maximum Gasteiger partial charge on any atom is 0.255 e. The average Bonchev–Trinajstić information content (AvgIpc) is 3.22. The van der Waals surface area contributed by atoms with Crippen LogP contribution >= 0.6 is 0 Å². The third-order valence-electron chi connectivity index (χ3n) is 5.01. The molecule has 2 unspecified atom stereocenters. The van der Waals surface area contributed by atoms with E-state index in [4.69, 9.17) is 4.74 Å². The van der Waals surface area contributed by atoms with E-state index in [1.54, 1.807) is 0 Å². The van der Waals surface area contributed by atoms with Crippen molar-refractivity contribution in [2.45, 2.75) is 18.7 Å². The summed E-state index contributed by atoms with van der Waals surface area (Å²) in [4.78, 5) is 17.1. The zero-order valence-corrected chi connectivity index (χ0v) is 14.0. The maximum absolute atomic E-state index is 12.7. The van der Waals surface area contributed by atoms with Gasteiger partial charge >= 0.3 is 0 Å². The zero-order valence-electron chi connectivity index (χ0n) is 14.0. The highest BCUT2D eigenvalue weighted by Gasteiger charge is 2.41. The average molecular weight is 325 g/mol. The minimum Gasteiger partial charge on any atom is -0.373 e. The van der Waals surface area contributed by atoms with E-state index in [2.05, 4.69) is 29.2 Å². The Balaban J connectivity index is 1.47. The number of fused-ring (bicyclic) bond motifs is 1. The third-order valence-corrected chi connectivity index (χ3v) is 5.01. The van der Waals surface area contributed by atoms with E-state index in [0.717, 1.165) is 31.8 Å². The SMILES string of the molecule is Cn1ccc(C(=O)N2CC3OCCN(Cc4ccccc4)C3C2)c1. The lowest BCUT2D eigenvalue weighted by molar-refractivity contribution is -0.0503. The van der Waals surface area contributed by atoms with Gasteiger partial charge in [0, 0.05) is 45.6 Å². The molecule has 2 aliphatic heterocycles. The lowest BCUT2D eigenvalue weighted by atomic mass is 10.1. The summed E-state index contributed by atoms with van der Waals surface area (Å²) in [5.74, 6) is 0.105. The van der Waals surface area contributed by atoms with Crippen LogP contribution in [0.1, 0.15) is 15.9 Å². The molecule has 126 valence electrons. The highest BCUT2D eigenvalue weighted by Crippen LogP contribution is 2.25. The van der Waals surface area contributed by atoms with Gasteiger partial charge in [0.25, 0.3) is 5.91 Å². The number of morpholine rings is 1. The van der Waals surface area contributed by atoms with Crippen molar-refractivity contribution in [2.75, 3.05) is 26.2 Å². The summed E-state index contributed by atoms with van der Waals surface area (Å²) in [6, 6.07) is 12.7. The van der Waals surface area contributed by atoms with Crippen LogP contribution in [0.15, 0.2) is 48.8 Å². The Bertz CT molecular complexity index is 712. The smallest absolute Gasteiger partial charge is 0.255 e. The number of carbonyl (C=O) groups excluding carboxylic acids is 1. The van der Waals surface area contributed by atoms with Gasteiger partial charge in [-0.1, -0.05) is 30.3 Å². The topological polar surface area (TPSA) is 37.7 Å². The van der Waals surface area contributed by atoms with Crippen molar-refractivity contribution in [2.24, 2.45) is 7.05 Å². The second-order valence-corrected chi connectivity index (χ2v) is 6.71. The van der Waals surface area contributed by atoms with Crippen LogP contribution in [-0.4, -0.2) is 58.7 Å². The van der Waals surface area contributed by atoms with Gasteiger partial charge in [0.1, 0.15) is 0 Å². The Morgan fingerprint density at radius 3 is 2.79 bits per heavy atom. The van der Waals surface area contributed by atoms with Crippen molar-refractivity contribution < 1.29 is 9.53 Å². The maximum atomic E-state index is 12.7. The van der Waals surface area contributed by atoms with Crippen LogP contribution in [0.2, 0.25) is 0 Å². The predicted octanol–water partition coefficient (Wildman–Crippen LogP) is 1.75. The van der Waals surface area contributed by atoms with Gasteiger partial charge in [0.2, 0.25) is 0 Å². The number of hydrogen-bond donors (Lipinski definition) is 0. The van der Waals surface area contributed by atoms with Gasteiger partial charge in [-0.2, -0.15) is 0 Å². The zero-order chi connectivity index (χ0) is 16.5. The van der Waals surface area contributed by atoms with Crippen molar-refractivity contribution >= 4 is 5.91 Å². The van der Waals surface area contributed by atoms with Crippen LogP contribution in [0.3, 0.4) is 0 Å². The van der Waals surface area contributed by atoms with Gasteiger partial charge in [-0.05, 0) is 11.6 Å². The molecule has 4 rings (SSSR count). The molecule has 5 nitrogen and oxygen atoms in total. The molecule has 5 heteroatoms. The largest absolute Gasteiger partial charge is 0.373 e. The summed E-state index contributed by atoms with van der Waals surface area (Å²) in [6.45, 7) is 4.00. The molecule has 2 saturated heterocycles. The van der Waals surface area contributed by atoms with Gasteiger partial charge in [0.05, 0.1) is 24.3 Å². The van der Waals surface area contributed by atoms with E-state index in [1.165, 1.54) is 5.56 Å². The molecule has 0 bridgehead atoms. The summed E-state index contributed by atoms with van der Waals surface area (Å²) in [5, 5.41) is 0. The van der Waals surface area contributed by atoms with E-state index in [1.807, 2.05) is 41.0 Å². The number of carbonyl (C=O) groups is 1. The molecule has 3 heterocycles. The van der Waals surface area contributed by atoms with Crippen LogP contribution in [0.25, 0.3) is 0 Å². The van der Waals surface area contributed by atoms with Crippen molar-refractivity contribution in [1.29, 1.82) is 0 Å². The first-order valence-corrected chi connectivity index (χ1v) is 8.51. The van der Waals surface area contributed by atoms with Gasteiger partial charge in [-0.25, -0.2) is 0 Å². The highest BCUT2D eigenvalue weighted by molar-refractivity contribution is 5.94.